The van der Waals surface area contributed by atoms with Gasteiger partial charge in [-0.15, -0.1) is 0 Å². The summed E-state index contributed by atoms with van der Waals surface area (Å²) < 4.78 is 11.5. The van der Waals surface area contributed by atoms with Crippen molar-refractivity contribution < 1.29 is 14.3 Å². The molecule has 0 radical (unpaired) electrons. The summed E-state index contributed by atoms with van der Waals surface area (Å²) in [6, 6.07) is 22.2. The molecule has 0 bridgehead atoms. The highest BCUT2D eigenvalue weighted by molar-refractivity contribution is 6.32. The zero-order chi connectivity index (χ0) is 19.1. The Kier molecular flexibility index (Phi) is 6.34. The van der Waals surface area contributed by atoms with Crippen molar-refractivity contribution in [1.29, 1.82) is 0 Å². The van der Waals surface area contributed by atoms with Crippen molar-refractivity contribution >= 4 is 23.2 Å². The molecule has 0 spiro atoms. The Bertz CT molecular complexity index is 898. The fourth-order valence-electron chi connectivity index (χ4n) is 2.55. The van der Waals surface area contributed by atoms with E-state index in [2.05, 4.69) is 5.32 Å². The number of nitrogens with one attached hydrogen (secondary N) is 1. The number of para-hydroxylation sites is 1. The Balaban J connectivity index is 1.84. The minimum absolute atomic E-state index is 0.268. The van der Waals surface area contributed by atoms with Crippen molar-refractivity contribution in [1.82, 2.24) is 0 Å². The first-order valence-corrected chi connectivity index (χ1v) is 9.04. The summed E-state index contributed by atoms with van der Waals surface area (Å²) in [5, 5.41) is 3.18. The number of amides is 1. The monoisotopic (exact) mass is 381 g/mol. The SMILES string of the molecule is CCOc1c(Cl)cc(C(=O)Nc2ccccc2)cc1OCc1ccccc1. The first-order valence-electron chi connectivity index (χ1n) is 8.67. The van der Waals surface area contributed by atoms with Crippen LogP contribution in [-0.4, -0.2) is 12.5 Å². The molecule has 0 aliphatic heterocycles. The van der Waals surface area contributed by atoms with Crippen LogP contribution < -0.4 is 14.8 Å². The van der Waals surface area contributed by atoms with Crippen molar-refractivity contribution in [3.63, 3.8) is 0 Å². The summed E-state index contributed by atoms with van der Waals surface area (Å²) >= 11 is 6.36. The van der Waals surface area contributed by atoms with Crippen LogP contribution in [-0.2, 0) is 6.61 Å². The molecule has 3 aromatic carbocycles. The van der Waals surface area contributed by atoms with Gasteiger partial charge in [0.15, 0.2) is 11.5 Å². The Morgan fingerprint density at radius 3 is 2.30 bits per heavy atom. The van der Waals surface area contributed by atoms with Crippen molar-refractivity contribution in [2.45, 2.75) is 13.5 Å². The largest absolute Gasteiger partial charge is 0.488 e. The molecule has 27 heavy (non-hydrogen) atoms. The molecule has 0 aromatic heterocycles. The number of benzene rings is 3. The van der Waals surface area contributed by atoms with Crippen molar-refractivity contribution in [2.24, 2.45) is 0 Å². The van der Waals surface area contributed by atoms with Crippen LogP contribution in [0, 0.1) is 0 Å². The summed E-state index contributed by atoms with van der Waals surface area (Å²) in [5.41, 5.74) is 2.12. The molecule has 0 unspecified atom stereocenters. The number of hydrogen-bond donors (Lipinski definition) is 1. The summed E-state index contributed by atoms with van der Waals surface area (Å²) in [4.78, 5) is 12.6. The normalized spacial score (nSPS) is 10.3. The maximum Gasteiger partial charge on any atom is 0.255 e. The molecule has 0 aliphatic rings. The second kappa shape index (κ2) is 9.10. The van der Waals surface area contributed by atoms with Crippen LogP contribution in [0.25, 0.3) is 0 Å². The molecular formula is C22H20ClNO3. The molecule has 0 heterocycles. The highest BCUT2D eigenvalue weighted by Crippen LogP contribution is 2.37. The van der Waals surface area contributed by atoms with Gasteiger partial charge in [0.05, 0.1) is 11.6 Å². The first-order chi connectivity index (χ1) is 13.2. The van der Waals surface area contributed by atoms with E-state index in [1.54, 1.807) is 12.1 Å². The predicted molar refractivity (Wildman–Crippen MR) is 108 cm³/mol. The van der Waals surface area contributed by atoms with Gasteiger partial charge in [0.1, 0.15) is 6.61 Å². The van der Waals surface area contributed by atoms with Crippen molar-refractivity contribution in [3.8, 4) is 11.5 Å². The molecule has 0 atom stereocenters. The number of hydrogen-bond acceptors (Lipinski definition) is 3. The first kappa shape index (κ1) is 18.8. The van der Waals surface area contributed by atoms with Gasteiger partial charge in [0.25, 0.3) is 5.91 Å². The van der Waals surface area contributed by atoms with Gasteiger partial charge in [0.2, 0.25) is 0 Å². The molecule has 0 saturated heterocycles. The second-order valence-corrected chi connectivity index (χ2v) is 6.22. The summed E-state index contributed by atoms with van der Waals surface area (Å²) in [6.45, 7) is 2.66. The van der Waals surface area contributed by atoms with Gasteiger partial charge in [-0.1, -0.05) is 60.1 Å². The third kappa shape index (κ3) is 5.02. The van der Waals surface area contributed by atoms with E-state index in [0.717, 1.165) is 5.56 Å². The molecule has 5 heteroatoms. The van der Waals surface area contributed by atoms with Crippen molar-refractivity contribution in [3.05, 3.63) is 88.9 Å². The molecule has 138 valence electrons. The lowest BCUT2D eigenvalue weighted by atomic mass is 10.1. The van der Waals surface area contributed by atoms with E-state index < -0.39 is 0 Å². The highest BCUT2D eigenvalue weighted by Gasteiger charge is 2.16. The maximum absolute atomic E-state index is 12.6. The van der Waals surface area contributed by atoms with Gasteiger partial charge in [-0.3, -0.25) is 4.79 Å². The fraction of sp³-hybridized carbons (Fsp3) is 0.136. The quantitative estimate of drug-likeness (QED) is 0.582. The van der Waals surface area contributed by atoms with Crippen LogP contribution in [0.1, 0.15) is 22.8 Å². The van der Waals surface area contributed by atoms with Gasteiger partial charge in [-0.2, -0.15) is 0 Å². The van der Waals surface area contributed by atoms with Gasteiger partial charge in [-0.05, 0) is 36.8 Å². The zero-order valence-corrected chi connectivity index (χ0v) is 15.7. The van der Waals surface area contributed by atoms with Gasteiger partial charge in [0, 0.05) is 11.3 Å². The van der Waals surface area contributed by atoms with Gasteiger partial charge in [-0.25, -0.2) is 0 Å². The minimum atomic E-state index is -0.268. The molecule has 3 rings (SSSR count). The molecule has 0 fully saturated rings. The smallest absolute Gasteiger partial charge is 0.255 e. The van der Waals surface area contributed by atoms with Crippen LogP contribution in [0.2, 0.25) is 5.02 Å². The average Bonchev–Trinajstić information content (AvgIpc) is 2.70. The second-order valence-electron chi connectivity index (χ2n) is 5.81. The fourth-order valence-corrected chi connectivity index (χ4v) is 2.82. The third-order valence-electron chi connectivity index (χ3n) is 3.83. The number of anilines is 1. The van der Waals surface area contributed by atoms with Crippen molar-refractivity contribution in [2.75, 3.05) is 11.9 Å². The molecule has 4 nitrogen and oxygen atoms in total. The Hall–Kier alpha value is -2.98. The third-order valence-corrected chi connectivity index (χ3v) is 4.11. The summed E-state index contributed by atoms with van der Waals surface area (Å²) in [6.07, 6.45) is 0. The maximum atomic E-state index is 12.6. The van der Waals surface area contributed by atoms with Crippen LogP contribution >= 0.6 is 11.6 Å². The lowest BCUT2D eigenvalue weighted by Crippen LogP contribution is -2.12. The Morgan fingerprint density at radius 2 is 1.63 bits per heavy atom. The molecular weight excluding hydrogens is 362 g/mol. The zero-order valence-electron chi connectivity index (χ0n) is 14.9. The van der Waals surface area contributed by atoms with Gasteiger partial charge >= 0.3 is 0 Å². The van der Waals surface area contributed by atoms with E-state index in [1.165, 1.54) is 0 Å². The number of carbonyl (C=O) groups excluding carboxylic acids is 1. The molecule has 1 N–H and O–H groups in total. The van der Waals surface area contributed by atoms with Crippen LogP contribution in [0.15, 0.2) is 72.8 Å². The lowest BCUT2D eigenvalue weighted by Gasteiger charge is -2.15. The standard InChI is InChI=1S/C22H20ClNO3/c1-2-26-21-19(23)13-17(22(25)24-18-11-7-4-8-12-18)14-20(21)27-15-16-9-5-3-6-10-16/h3-14H,2,15H2,1H3,(H,24,25). The van der Waals surface area contributed by atoms with E-state index in [-0.39, 0.29) is 5.91 Å². The van der Waals surface area contributed by atoms with E-state index in [4.69, 9.17) is 21.1 Å². The van der Waals surface area contributed by atoms with Gasteiger partial charge < -0.3 is 14.8 Å². The molecule has 0 aliphatic carbocycles. The van der Waals surface area contributed by atoms with Crippen LogP contribution in [0.3, 0.4) is 0 Å². The Morgan fingerprint density at radius 1 is 0.963 bits per heavy atom. The predicted octanol–water partition coefficient (Wildman–Crippen LogP) is 5.57. The number of ether oxygens (including phenoxy) is 2. The highest BCUT2D eigenvalue weighted by atomic mass is 35.5. The van der Waals surface area contributed by atoms with E-state index in [9.17, 15) is 4.79 Å². The van der Waals surface area contributed by atoms with Crippen LogP contribution in [0.4, 0.5) is 5.69 Å². The average molecular weight is 382 g/mol. The minimum Gasteiger partial charge on any atom is -0.488 e. The molecule has 1 amide bonds. The van der Waals surface area contributed by atoms with E-state index in [1.807, 2.05) is 67.6 Å². The number of carbonyl (C=O) groups is 1. The molecule has 0 saturated carbocycles. The summed E-state index contributed by atoms with van der Waals surface area (Å²) in [7, 11) is 0. The van der Waals surface area contributed by atoms with E-state index in [0.29, 0.717) is 41.0 Å². The Labute approximate surface area is 163 Å². The topological polar surface area (TPSA) is 47.6 Å². The lowest BCUT2D eigenvalue weighted by molar-refractivity contribution is 0.102. The number of rotatable bonds is 7. The number of halogens is 1. The molecule has 3 aromatic rings. The van der Waals surface area contributed by atoms with Crippen LogP contribution in [0.5, 0.6) is 11.5 Å². The van der Waals surface area contributed by atoms with E-state index >= 15 is 0 Å². The summed E-state index contributed by atoms with van der Waals surface area (Å²) in [5.74, 6) is 0.605.